The van der Waals surface area contributed by atoms with Crippen LogP contribution < -0.4 is 11.5 Å². The molecule has 2 aromatic carbocycles. The molecule has 2 rings (SSSR count). The van der Waals surface area contributed by atoms with Crippen LogP contribution in [0.1, 0.15) is 16.7 Å². The van der Waals surface area contributed by atoms with Gasteiger partial charge in [0, 0.05) is 11.4 Å². The van der Waals surface area contributed by atoms with Gasteiger partial charge in [-0.3, -0.25) is 0 Å². The third-order valence-corrected chi connectivity index (χ3v) is 3.25. The molecular formula is C15H15F3N2. The van der Waals surface area contributed by atoms with E-state index in [0.717, 1.165) is 11.6 Å². The fourth-order valence-electron chi connectivity index (χ4n) is 2.16. The van der Waals surface area contributed by atoms with E-state index >= 15 is 0 Å². The van der Waals surface area contributed by atoms with Gasteiger partial charge in [0.25, 0.3) is 0 Å². The molecule has 0 fully saturated rings. The molecule has 0 amide bonds. The Morgan fingerprint density at radius 3 is 2.10 bits per heavy atom. The largest absolute Gasteiger partial charge is 0.417 e. The average molecular weight is 280 g/mol. The van der Waals surface area contributed by atoms with Crippen LogP contribution >= 0.6 is 0 Å². The van der Waals surface area contributed by atoms with Crippen LogP contribution in [0.15, 0.2) is 30.3 Å². The van der Waals surface area contributed by atoms with Gasteiger partial charge in [0.1, 0.15) is 0 Å². The molecule has 0 aromatic heterocycles. The monoisotopic (exact) mass is 280 g/mol. The maximum absolute atomic E-state index is 13.1. The summed E-state index contributed by atoms with van der Waals surface area (Å²) in [4.78, 5) is 0. The van der Waals surface area contributed by atoms with Crippen molar-refractivity contribution >= 4 is 11.4 Å². The maximum atomic E-state index is 13.1. The van der Waals surface area contributed by atoms with Crippen LogP contribution in [0.2, 0.25) is 0 Å². The standard InChI is InChI=1S/C15H15F3N2/c1-8-6-14(20)9(2)5-12(8)11-4-3-10(19)7-13(11)15(16,17)18/h3-7H,19-20H2,1-2H3. The lowest BCUT2D eigenvalue weighted by Crippen LogP contribution is -2.08. The average Bonchev–Trinajstić information content (AvgIpc) is 2.33. The molecule has 0 heterocycles. The normalized spacial score (nSPS) is 11.7. The van der Waals surface area contributed by atoms with Crippen molar-refractivity contribution in [3.05, 3.63) is 47.0 Å². The number of aryl methyl sites for hydroxylation is 2. The van der Waals surface area contributed by atoms with Crippen molar-refractivity contribution in [3.8, 4) is 11.1 Å². The molecule has 0 spiro atoms. The maximum Gasteiger partial charge on any atom is 0.417 e. The Labute approximate surface area is 115 Å². The second-order valence-corrected chi connectivity index (χ2v) is 4.83. The highest BCUT2D eigenvalue weighted by atomic mass is 19.4. The van der Waals surface area contributed by atoms with Gasteiger partial charge in [-0.05, 0) is 60.4 Å². The second-order valence-electron chi connectivity index (χ2n) is 4.83. The summed E-state index contributed by atoms with van der Waals surface area (Å²) in [6.07, 6.45) is -4.45. The number of hydrogen-bond donors (Lipinski definition) is 2. The zero-order valence-corrected chi connectivity index (χ0v) is 11.2. The molecule has 0 aliphatic rings. The molecule has 0 aliphatic heterocycles. The van der Waals surface area contributed by atoms with E-state index < -0.39 is 11.7 Å². The van der Waals surface area contributed by atoms with Crippen LogP contribution in [0.25, 0.3) is 11.1 Å². The zero-order chi connectivity index (χ0) is 15.1. The van der Waals surface area contributed by atoms with Gasteiger partial charge in [-0.15, -0.1) is 0 Å². The second kappa shape index (κ2) is 4.74. The Hall–Kier alpha value is -2.17. The molecule has 0 saturated carbocycles. The predicted octanol–water partition coefficient (Wildman–Crippen LogP) is 4.15. The molecule has 4 N–H and O–H groups in total. The summed E-state index contributed by atoms with van der Waals surface area (Å²) < 4.78 is 39.4. The first-order chi connectivity index (χ1) is 9.20. The smallest absolute Gasteiger partial charge is 0.399 e. The molecule has 0 radical (unpaired) electrons. The molecule has 5 heteroatoms. The summed E-state index contributed by atoms with van der Waals surface area (Å²) in [6, 6.07) is 7.18. The van der Waals surface area contributed by atoms with Crippen LogP contribution in [-0.2, 0) is 6.18 Å². The number of benzene rings is 2. The third kappa shape index (κ3) is 2.57. The first-order valence-corrected chi connectivity index (χ1v) is 6.04. The zero-order valence-electron chi connectivity index (χ0n) is 11.2. The van der Waals surface area contributed by atoms with Gasteiger partial charge in [0.2, 0.25) is 0 Å². The molecule has 0 unspecified atom stereocenters. The van der Waals surface area contributed by atoms with Crippen LogP contribution in [0, 0.1) is 13.8 Å². The molecule has 0 bridgehead atoms. The van der Waals surface area contributed by atoms with Crippen LogP contribution in [0.3, 0.4) is 0 Å². The van der Waals surface area contributed by atoms with E-state index in [0.29, 0.717) is 16.8 Å². The van der Waals surface area contributed by atoms with E-state index in [1.54, 1.807) is 26.0 Å². The molecule has 2 aromatic rings. The predicted molar refractivity (Wildman–Crippen MR) is 75.2 cm³/mol. The summed E-state index contributed by atoms with van der Waals surface area (Å²) in [5, 5.41) is 0. The van der Waals surface area contributed by atoms with E-state index in [-0.39, 0.29) is 11.3 Å². The fraction of sp³-hybridized carbons (Fsp3) is 0.200. The van der Waals surface area contributed by atoms with Crippen molar-refractivity contribution in [1.29, 1.82) is 0 Å². The summed E-state index contributed by atoms with van der Waals surface area (Å²) in [5.74, 6) is 0. The minimum Gasteiger partial charge on any atom is -0.399 e. The van der Waals surface area contributed by atoms with Gasteiger partial charge in [-0.1, -0.05) is 6.07 Å². The van der Waals surface area contributed by atoms with Crippen LogP contribution in [0.5, 0.6) is 0 Å². The summed E-state index contributed by atoms with van der Waals surface area (Å²) in [5.41, 5.74) is 13.2. The van der Waals surface area contributed by atoms with Gasteiger partial charge < -0.3 is 11.5 Å². The number of nitrogen functional groups attached to an aromatic ring is 2. The van der Waals surface area contributed by atoms with E-state index in [1.807, 2.05) is 0 Å². The Morgan fingerprint density at radius 1 is 0.850 bits per heavy atom. The Balaban J connectivity index is 2.73. The van der Waals surface area contributed by atoms with Gasteiger partial charge in [0.15, 0.2) is 0 Å². The Kier molecular flexibility index (Phi) is 3.38. The number of rotatable bonds is 1. The minimum absolute atomic E-state index is 0.0888. The lowest BCUT2D eigenvalue weighted by Gasteiger charge is -2.16. The minimum atomic E-state index is -4.45. The SMILES string of the molecule is Cc1cc(-c2ccc(N)cc2C(F)(F)F)c(C)cc1N. The first kappa shape index (κ1) is 14.2. The van der Waals surface area contributed by atoms with Gasteiger partial charge >= 0.3 is 6.18 Å². The van der Waals surface area contributed by atoms with Crippen molar-refractivity contribution in [3.63, 3.8) is 0 Å². The van der Waals surface area contributed by atoms with Gasteiger partial charge in [0.05, 0.1) is 5.56 Å². The molecule has 2 nitrogen and oxygen atoms in total. The number of halogens is 3. The molecule has 0 aliphatic carbocycles. The van der Waals surface area contributed by atoms with Crippen molar-refractivity contribution in [1.82, 2.24) is 0 Å². The van der Waals surface area contributed by atoms with Gasteiger partial charge in [-0.25, -0.2) is 0 Å². The quantitative estimate of drug-likeness (QED) is 0.771. The van der Waals surface area contributed by atoms with E-state index in [2.05, 4.69) is 0 Å². The van der Waals surface area contributed by atoms with Crippen LogP contribution in [0.4, 0.5) is 24.5 Å². The van der Waals surface area contributed by atoms with Gasteiger partial charge in [-0.2, -0.15) is 13.2 Å². The summed E-state index contributed by atoms with van der Waals surface area (Å²) in [6.45, 7) is 3.50. The van der Waals surface area contributed by atoms with Crippen molar-refractivity contribution in [2.24, 2.45) is 0 Å². The van der Waals surface area contributed by atoms with E-state index in [4.69, 9.17) is 11.5 Å². The number of alkyl halides is 3. The lowest BCUT2D eigenvalue weighted by atomic mass is 9.93. The van der Waals surface area contributed by atoms with Crippen molar-refractivity contribution in [2.75, 3.05) is 11.5 Å². The number of hydrogen-bond acceptors (Lipinski definition) is 2. The van der Waals surface area contributed by atoms with Crippen molar-refractivity contribution < 1.29 is 13.2 Å². The number of anilines is 2. The molecule has 20 heavy (non-hydrogen) atoms. The topological polar surface area (TPSA) is 52.0 Å². The highest BCUT2D eigenvalue weighted by Crippen LogP contribution is 2.40. The first-order valence-electron chi connectivity index (χ1n) is 6.04. The van der Waals surface area contributed by atoms with Crippen molar-refractivity contribution in [2.45, 2.75) is 20.0 Å². The Bertz CT molecular complexity index is 661. The van der Waals surface area contributed by atoms with Crippen LogP contribution in [-0.4, -0.2) is 0 Å². The molecule has 106 valence electrons. The highest BCUT2D eigenvalue weighted by Gasteiger charge is 2.34. The molecule has 0 atom stereocenters. The summed E-state index contributed by atoms with van der Waals surface area (Å²) >= 11 is 0. The molecular weight excluding hydrogens is 265 g/mol. The molecule has 0 saturated heterocycles. The highest BCUT2D eigenvalue weighted by molar-refractivity contribution is 5.76. The fourth-order valence-corrected chi connectivity index (χ4v) is 2.16. The van der Waals surface area contributed by atoms with E-state index in [9.17, 15) is 13.2 Å². The third-order valence-electron chi connectivity index (χ3n) is 3.25. The van der Waals surface area contributed by atoms with E-state index in [1.165, 1.54) is 12.1 Å². The Morgan fingerprint density at radius 2 is 1.50 bits per heavy atom. The number of nitrogens with two attached hydrogens (primary N) is 2. The summed E-state index contributed by atoms with van der Waals surface area (Å²) in [7, 11) is 0. The lowest BCUT2D eigenvalue weighted by molar-refractivity contribution is -0.137.